The standard InChI is InChI=1S/C16H19FN2O4/c17-13-3-1-12(2-4-13)16(22)19-6-11-5-18(8-15(20)21)7-14(19)10-23-9-11/h1-4,11,14H,5-10H2,(H,20,21)/t11-,14-/m0/s1. The van der Waals surface area contributed by atoms with Gasteiger partial charge in [-0.3, -0.25) is 14.5 Å². The van der Waals surface area contributed by atoms with E-state index >= 15 is 0 Å². The van der Waals surface area contributed by atoms with Crippen LogP contribution in [-0.2, 0) is 9.53 Å². The number of fused-ring (bicyclic) bond motifs is 3. The fourth-order valence-corrected chi connectivity index (χ4v) is 3.27. The summed E-state index contributed by atoms with van der Waals surface area (Å²) in [5.74, 6) is -1.34. The lowest BCUT2D eigenvalue weighted by Crippen LogP contribution is -2.47. The van der Waals surface area contributed by atoms with E-state index < -0.39 is 5.97 Å². The van der Waals surface area contributed by atoms with Crippen LogP contribution in [0.5, 0.6) is 0 Å². The first kappa shape index (κ1) is 15.9. The third-order valence-electron chi connectivity index (χ3n) is 4.26. The molecule has 2 saturated heterocycles. The topological polar surface area (TPSA) is 70.1 Å². The van der Waals surface area contributed by atoms with E-state index in [2.05, 4.69) is 0 Å². The van der Waals surface area contributed by atoms with Crippen LogP contribution in [0.15, 0.2) is 24.3 Å². The highest BCUT2D eigenvalue weighted by molar-refractivity contribution is 5.94. The van der Waals surface area contributed by atoms with Crippen molar-refractivity contribution < 1.29 is 23.8 Å². The number of ether oxygens (including phenoxy) is 1. The molecule has 3 rings (SSSR count). The molecular formula is C16H19FN2O4. The minimum atomic E-state index is -0.873. The number of amides is 1. The molecule has 0 spiro atoms. The van der Waals surface area contributed by atoms with Crippen molar-refractivity contribution in [2.75, 3.05) is 39.4 Å². The second-order valence-electron chi connectivity index (χ2n) is 6.11. The molecule has 124 valence electrons. The molecular weight excluding hydrogens is 303 g/mol. The van der Waals surface area contributed by atoms with Crippen molar-refractivity contribution in [1.82, 2.24) is 9.80 Å². The van der Waals surface area contributed by atoms with Gasteiger partial charge in [-0.05, 0) is 24.3 Å². The lowest BCUT2D eigenvalue weighted by molar-refractivity contribution is -0.138. The van der Waals surface area contributed by atoms with Gasteiger partial charge in [0.2, 0.25) is 0 Å². The van der Waals surface area contributed by atoms with Gasteiger partial charge in [0.25, 0.3) is 5.91 Å². The lowest BCUT2D eigenvalue weighted by Gasteiger charge is -2.30. The molecule has 2 aliphatic rings. The predicted octanol–water partition coefficient (Wildman–Crippen LogP) is 0.683. The summed E-state index contributed by atoms with van der Waals surface area (Å²) >= 11 is 0. The number of hydrogen-bond donors (Lipinski definition) is 1. The van der Waals surface area contributed by atoms with Gasteiger partial charge >= 0.3 is 5.97 Å². The summed E-state index contributed by atoms with van der Waals surface area (Å²) in [6.45, 7) is 2.45. The largest absolute Gasteiger partial charge is 0.480 e. The van der Waals surface area contributed by atoms with Gasteiger partial charge in [0.15, 0.2) is 0 Å². The minimum absolute atomic E-state index is 0.0361. The van der Waals surface area contributed by atoms with Gasteiger partial charge in [0, 0.05) is 31.1 Å². The van der Waals surface area contributed by atoms with E-state index in [0.717, 1.165) is 0 Å². The molecule has 0 unspecified atom stereocenters. The maximum Gasteiger partial charge on any atom is 0.317 e. The second-order valence-corrected chi connectivity index (χ2v) is 6.11. The van der Waals surface area contributed by atoms with Crippen molar-refractivity contribution in [3.8, 4) is 0 Å². The zero-order valence-electron chi connectivity index (χ0n) is 12.7. The van der Waals surface area contributed by atoms with E-state index in [9.17, 15) is 14.0 Å². The summed E-state index contributed by atoms with van der Waals surface area (Å²) in [4.78, 5) is 27.3. The fraction of sp³-hybridized carbons (Fsp3) is 0.500. The molecule has 1 aromatic carbocycles. The van der Waals surface area contributed by atoms with Crippen molar-refractivity contribution in [3.05, 3.63) is 35.6 Å². The predicted molar refractivity (Wildman–Crippen MR) is 79.6 cm³/mol. The van der Waals surface area contributed by atoms with Gasteiger partial charge in [0.05, 0.1) is 25.8 Å². The molecule has 2 aliphatic heterocycles. The van der Waals surface area contributed by atoms with Crippen LogP contribution in [0.3, 0.4) is 0 Å². The molecule has 0 radical (unpaired) electrons. The molecule has 0 aromatic heterocycles. The number of carboxylic acids is 1. The van der Waals surface area contributed by atoms with E-state index in [1.54, 1.807) is 4.90 Å². The summed E-state index contributed by atoms with van der Waals surface area (Å²) < 4.78 is 18.7. The number of carboxylic acid groups (broad SMARTS) is 1. The average Bonchev–Trinajstić information content (AvgIpc) is 2.77. The van der Waals surface area contributed by atoms with Crippen molar-refractivity contribution in [2.45, 2.75) is 6.04 Å². The third kappa shape index (κ3) is 3.68. The number of halogens is 1. The molecule has 2 heterocycles. The van der Waals surface area contributed by atoms with Crippen LogP contribution in [0, 0.1) is 11.7 Å². The monoisotopic (exact) mass is 322 g/mol. The second kappa shape index (κ2) is 6.64. The number of carbonyl (C=O) groups is 2. The van der Waals surface area contributed by atoms with Gasteiger partial charge in [-0.25, -0.2) is 4.39 Å². The highest BCUT2D eigenvalue weighted by Gasteiger charge is 2.36. The number of rotatable bonds is 3. The fourth-order valence-electron chi connectivity index (χ4n) is 3.27. The molecule has 23 heavy (non-hydrogen) atoms. The minimum Gasteiger partial charge on any atom is -0.480 e. The summed E-state index contributed by atoms with van der Waals surface area (Å²) in [7, 11) is 0. The molecule has 1 aromatic rings. The first-order valence-corrected chi connectivity index (χ1v) is 7.61. The Morgan fingerprint density at radius 1 is 1.17 bits per heavy atom. The maximum absolute atomic E-state index is 13.0. The van der Waals surface area contributed by atoms with Crippen LogP contribution in [-0.4, -0.2) is 72.2 Å². The molecule has 1 N–H and O–H groups in total. The Balaban J connectivity index is 1.80. The molecule has 2 atom stereocenters. The molecule has 0 saturated carbocycles. The third-order valence-corrected chi connectivity index (χ3v) is 4.26. The summed E-state index contributed by atoms with van der Waals surface area (Å²) in [6.07, 6.45) is 0. The number of aliphatic carboxylic acids is 1. The van der Waals surface area contributed by atoms with Crippen molar-refractivity contribution in [1.29, 1.82) is 0 Å². The van der Waals surface area contributed by atoms with Crippen LogP contribution in [0.4, 0.5) is 4.39 Å². The molecule has 7 heteroatoms. The first-order valence-electron chi connectivity index (χ1n) is 7.61. The molecule has 6 nitrogen and oxygen atoms in total. The number of nitrogens with zero attached hydrogens (tertiary/aromatic N) is 2. The Kier molecular flexibility index (Phi) is 4.58. The normalized spacial score (nSPS) is 25.0. The highest BCUT2D eigenvalue weighted by atomic mass is 19.1. The van der Waals surface area contributed by atoms with E-state index in [4.69, 9.17) is 9.84 Å². The van der Waals surface area contributed by atoms with Crippen LogP contribution in [0.1, 0.15) is 10.4 Å². The Morgan fingerprint density at radius 2 is 1.91 bits per heavy atom. The van der Waals surface area contributed by atoms with Crippen LogP contribution >= 0.6 is 0 Å². The molecule has 0 aliphatic carbocycles. The van der Waals surface area contributed by atoms with E-state index in [1.807, 2.05) is 4.90 Å². The quantitative estimate of drug-likeness (QED) is 0.886. The summed E-state index contributed by atoms with van der Waals surface area (Å²) in [5.41, 5.74) is 0.434. The van der Waals surface area contributed by atoms with Crippen molar-refractivity contribution in [3.63, 3.8) is 0 Å². The number of carbonyl (C=O) groups excluding carboxylic acids is 1. The van der Waals surface area contributed by atoms with Gasteiger partial charge < -0.3 is 14.7 Å². The van der Waals surface area contributed by atoms with Crippen LogP contribution < -0.4 is 0 Å². The Bertz CT molecular complexity index is 592. The maximum atomic E-state index is 13.0. The number of hydrogen-bond acceptors (Lipinski definition) is 4. The zero-order valence-corrected chi connectivity index (χ0v) is 12.7. The Morgan fingerprint density at radius 3 is 2.61 bits per heavy atom. The highest BCUT2D eigenvalue weighted by Crippen LogP contribution is 2.22. The zero-order chi connectivity index (χ0) is 16.4. The van der Waals surface area contributed by atoms with Crippen molar-refractivity contribution >= 4 is 11.9 Å². The van der Waals surface area contributed by atoms with Gasteiger partial charge in [-0.15, -0.1) is 0 Å². The van der Waals surface area contributed by atoms with E-state index in [1.165, 1.54) is 24.3 Å². The molecule has 1 amide bonds. The summed E-state index contributed by atoms with van der Waals surface area (Å²) in [5, 5.41) is 9.01. The number of benzene rings is 1. The van der Waals surface area contributed by atoms with Gasteiger partial charge in [-0.2, -0.15) is 0 Å². The average molecular weight is 322 g/mol. The summed E-state index contributed by atoms with van der Waals surface area (Å²) in [6, 6.07) is 5.29. The van der Waals surface area contributed by atoms with E-state index in [-0.39, 0.29) is 30.2 Å². The lowest BCUT2D eigenvalue weighted by atomic mass is 10.1. The van der Waals surface area contributed by atoms with Crippen molar-refractivity contribution in [2.24, 2.45) is 5.92 Å². The van der Waals surface area contributed by atoms with Gasteiger partial charge in [-0.1, -0.05) is 0 Å². The van der Waals surface area contributed by atoms with Crippen LogP contribution in [0.2, 0.25) is 0 Å². The first-order chi connectivity index (χ1) is 11.0. The SMILES string of the molecule is O=C(O)CN1C[C@@H]2COC[C@H](C1)N(C(=O)c1ccc(F)cc1)C2. The van der Waals surface area contributed by atoms with E-state index in [0.29, 0.717) is 38.4 Å². The Hall–Kier alpha value is -1.99. The Labute approximate surface area is 133 Å². The van der Waals surface area contributed by atoms with Gasteiger partial charge in [0.1, 0.15) is 5.82 Å². The van der Waals surface area contributed by atoms with Crippen LogP contribution in [0.25, 0.3) is 0 Å². The smallest absolute Gasteiger partial charge is 0.317 e. The molecule has 2 fully saturated rings. The molecule has 2 bridgehead atoms.